The van der Waals surface area contributed by atoms with Crippen molar-refractivity contribution in [1.29, 1.82) is 0 Å². The fraction of sp³-hybridized carbons (Fsp3) is 0.333. The highest BCUT2D eigenvalue weighted by Crippen LogP contribution is 2.21. The molecule has 0 spiro atoms. The van der Waals surface area contributed by atoms with Gasteiger partial charge in [0.2, 0.25) is 0 Å². The van der Waals surface area contributed by atoms with Crippen LogP contribution in [-0.4, -0.2) is 0 Å². The highest BCUT2D eigenvalue weighted by molar-refractivity contribution is 7.22. The molecule has 1 aliphatic carbocycles. The van der Waals surface area contributed by atoms with Crippen LogP contribution in [0.2, 0.25) is 0 Å². The Morgan fingerprint density at radius 1 is 1.62 bits per heavy atom. The first-order valence-corrected chi connectivity index (χ1v) is 3.18. The fourth-order valence-corrected chi connectivity index (χ4v) is 1.01. The van der Waals surface area contributed by atoms with Crippen LogP contribution in [0.5, 0.6) is 0 Å². The molecule has 0 aliphatic heterocycles. The van der Waals surface area contributed by atoms with Gasteiger partial charge in [0.1, 0.15) is 5.83 Å². The minimum atomic E-state index is -0.0961. The zero-order valence-corrected chi connectivity index (χ0v) is 5.68. The molecule has 0 nitrogen and oxygen atoms in total. The maximum atomic E-state index is 12.2. The Morgan fingerprint density at radius 2 is 2.38 bits per heavy atom. The average Bonchev–Trinajstić information content (AvgIpc) is 1.64. The smallest absolute Gasteiger partial charge is 0.119 e. The van der Waals surface area contributed by atoms with Crippen molar-refractivity contribution in [3.8, 4) is 0 Å². The predicted octanol–water partition coefficient (Wildman–Crippen LogP) is 2.39. The summed E-state index contributed by atoms with van der Waals surface area (Å²) in [6, 6.07) is 0. The van der Waals surface area contributed by atoms with Crippen LogP contribution in [0.15, 0.2) is 23.3 Å². The Bertz CT molecular complexity index is 147. The normalized spacial score (nSPS) is 19.8. The van der Waals surface area contributed by atoms with Gasteiger partial charge in [-0.2, -0.15) is 0 Å². The first kappa shape index (κ1) is 5.97. The summed E-state index contributed by atoms with van der Waals surface area (Å²) in [7, 11) is 2.51. The lowest BCUT2D eigenvalue weighted by molar-refractivity contribution is 0.651. The third-order valence-corrected chi connectivity index (χ3v) is 1.55. The third-order valence-electron chi connectivity index (χ3n) is 1.10. The molecular formula is C6H8FP. The number of hydrogen-bond acceptors (Lipinski definition) is 0. The van der Waals surface area contributed by atoms with Crippen molar-refractivity contribution in [2.24, 2.45) is 0 Å². The van der Waals surface area contributed by atoms with Gasteiger partial charge >= 0.3 is 0 Å². The van der Waals surface area contributed by atoms with Gasteiger partial charge in [-0.3, -0.25) is 0 Å². The van der Waals surface area contributed by atoms with Gasteiger partial charge in [-0.05, 0) is 30.3 Å². The predicted molar refractivity (Wildman–Crippen MR) is 36.2 cm³/mol. The van der Waals surface area contributed by atoms with Crippen molar-refractivity contribution >= 4 is 9.24 Å². The van der Waals surface area contributed by atoms with Crippen molar-refractivity contribution in [1.82, 2.24) is 0 Å². The summed E-state index contributed by atoms with van der Waals surface area (Å²) in [5.41, 5.74) is 0. The molecule has 0 fully saturated rings. The Morgan fingerprint density at radius 3 is 2.75 bits per heavy atom. The molecule has 1 aliphatic rings. The van der Waals surface area contributed by atoms with E-state index in [1.807, 2.05) is 0 Å². The van der Waals surface area contributed by atoms with Crippen molar-refractivity contribution < 1.29 is 4.39 Å². The molecule has 0 aromatic heterocycles. The Kier molecular flexibility index (Phi) is 1.80. The monoisotopic (exact) mass is 130 g/mol. The maximum absolute atomic E-state index is 12.2. The van der Waals surface area contributed by atoms with Crippen LogP contribution in [-0.2, 0) is 0 Å². The van der Waals surface area contributed by atoms with Gasteiger partial charge in [0.05, 0.1) is 0 Å². The van der Waals surface area contributed by atoms with E-state index in [-0.39, 0.29) is 5.83 Å². The van der Waals surface area contributed by atoms with E-state index >= 15 is 0 Å². The first-order chi connectivity index (χ1) is 3.79. The first-order valence-electron chi connectivity index (χ1n) is 2.61. The third kappa shape index (κ3) is 1.41. The summed E-state index contributed by atoms with van der Waals surface area (Å²) in [6.45, 7) is 0. The molecular weight excluding hydrogens is 122 g/mol. The van der Waals surface area contributed by atoms with Gasteiger partial charge in [0, 0.05) is 0 Å². The summed E-state index contributed by atoms with van der Waals surface area (Å²) in [5, 5.41) is 1.06. The number of rotatable bonds is 0. The second-order valence-electron chi connectivity index (χ2n) is 1.85. The molecule has 0 saturated carbocycles. The number of allylic oxidation sites excluding steroid dienone is 4. The SMILES string of the molecule is FC1=CCCC(P)=C1. The molecule has 0 heterocycles. The zero-order valence-electron chi connectivity index (χ0n) is 4.52. The van der Waals surface area contributed by atoms with Gasteiger partial charge in [-0.15, -0.1) is 9.24 Å². The van der Waals surface area contributed by atoms with Crippen molar-refractivity contribution in [2.45, 2.75) is 12.8 Å². The molecule has 0 bridgehead atoms. The highest BCUT2D eigenvalue weighted by atomic mass is 31.0. The van der Waals surface area contributed by atoms with Crippen LogP contribution in [0.4, 0.5) is 4.39 Å². The molecule has 8 heavy (non-hydrogen) atoms. The van der Waals surface area contributed by atoms with E-state index < -0.39 is 0 Å². The van der Waals surface area contributed by atoms with Crippen molar-refractivity contribution in [2.75, 3.05) is 0 Å². The van der Waals surface area contributed by atoms with E-state index in [1.165, 1.54) is 0 Å². The van der Waals surface area contributed by atoms with Gasteiger partial charge in [-0.1, -0.05) is 0 Å². The molecule has 44 valence electrons. The lowest BCUT2D eigenvalue weighted by atomic mass is 10.2. The quantitative estimate of drug-likeness (QED) is 0.441. The molecule has 1 unspecified atom stereocenters. The summed E-state index contributed by atoms with van der Waals surface area (Å²) in [5.74, 6) is -0.0961. The Labute approximate surface area is 50.7 Å². The van der Waals surface area contributed by atoms with E-state index in [4.69, 9.17) is 0 Å². The molecule has 0 amide bonds. The van der Waals surface area contributed by atoms with Gasteiger partial charge in [0.15, 0.2) is 0 Å². The van der Waals surface area contributed by atoms with E-state index in [9.17, 15) is 4.39 Å². The van der Waals surface area contributed by atoms with Crippen LogP contribution >= 0.6 is 9.24 Å². The Hall–Kier alpha value is -0.160. The second kappa shape index (κ2) is 2.41. The molecule has 0 saturated heterocycles. The largest absolute Gasteiger partial charge is 0.207 e. The summed E-state index contributed by atoms with van der Waals surface area (Å²) < 4.78 is 12.2. The molecule has 1 atom stereocenters. The highest BCUT2D eigenvalue weighted by Gasteiger charge is 1.98. The summed E-state index contributed by atoms with van der Waals surface area (Å²) >= 11 is 0. The van der Waals surface area contributed by atoms with E-state index in [0.29, 0.717) is 0 Å². The van der Waals surface area contributed by atoms with Crippen LogP contribution in [0, 0.1) is 0 Å². The number of hydrogen-bond donors (Lipinski definition) is 0. The zero-order chi connectivity index (χ0) is 5.98. The van der Waals surface area contributed by atoms with Crippen molar-refractivity contribution in [3.05, 3.63) is 23.3 Å². The van der Waals surface area contributed by atoms with Crippen LogP contribution in [0.3, 0.4) is 0 Å². The maximum Gasteiger partial charge on any atom is 0.119 e. The van der Waals surface area contributed by atoms with Crippen LogP contribution < -0.4 is 0 Å². The minimum absolute atomic E-state index is 0.0961. The topological polar surface area (TPSA) is 0 Å². The van der Waals surface area contributed by atoms with E-state index in [1.54, 1.807) is 12.2 Å². The molecule has 0 radical (unpaired) electrons. The molecule has 1 rings (SSSR count). The lowest BCUT2D eigenvalue weighted by Gasteiger charge is -2.01. The fourth-order valence-electron chi connectivity index (χ4n) is 0.685. The Balaban J connectivity index is 2.69. The second-order valence-corrected chi connectivity index (χ2v) is 2.59. The summed E-state index contributed by atoms with van der Waals surface area (Å²) in [4.78, 5) is 0. The average molecular weight is 130 g/mol. The standard InChI is InChI=1S/C6H8FP/c7-5-2-1-3-6(8)4-5/h2,4H,1,3,8H2. The molecule has 0 N–H and O–H groups in total. The lowest BCUT2D eigenvalue weighted by Crippen LogP contribution is -1.80. The van der Waals surface area contributed by atoms with E-state index in [2.05, 4.69) is 9.24 Å². The summed E-state index contributed by atoms with van der Waals surface area (Å²) in [6.07, 6.45) is 4.99. The molecule has 2 heteroatoms. The molecule has 0 aromatic rings. The minimum Gasteiger partial charge on any atom is -0.207 e. The number of halogens is 1. The van der Waals surface area contributed by atoms with Gasteiger partial charge < -0.3 is 0 Å². The van der Waals surface area contributed by atoms with Gasteiger partial charge in [-0.25, -0.2) is 4.39 Å². The van der Waals surface area contributed by atoms with Crippen LogP contribution in [0.25, 0.3) is 0 Å². The van der Waals surface area contributed by atoms with Gasteiger partial charge in [0.25, 0.3) is 0 Å². The van der Waals surface area contributed by atoms with Crippen molar-refractivity contribution in [3.63, 3.8) is 0 Å². The molecule has 0 aromatic carbocycles. The van der Waals surface area contributed by atoms with E-state index in [0.717, 1.165) is 18.2 Å². The van der Waals surface area contributed by atoms with Crippen LogP contribution in [0.1, 0.15) is 12.8 Å².